The third-order valence-corrected chi connectivity index (χ3v) is 6.05. The molecule has 1 aromatic rings. The van der Waals surface area contributed by atoms with Crippen LogP contribution >= 0.6 is 23.1 Å². The van der Waals surface area contributed by atoms with Crippen molar-refractivity contribution in [2.45, 2.75) is 55.2 Å². The first-order chi connectivity index (χ1) is 11.2. The van der Waals surface area contributed by atoms with E-state index in [2.05, 4.69) is 27.3 Å². The average Bonchev–Trinajstić information content (AvgIpc) is 3.01. The van der Waals surface area contributed by atoms with E-state index in [9.17, 15) is 4.79 Å². The molecule has 23 heavy (non-hydrogen) atoms. The van der Waals surface area contributed by atoms with Crippen LogP contribution in [0.2, 0.25) is 0 Å². The monoisotopic (exact) mass is 358 g/mol. The van der Waals surface area contributed by atoms with Gasteiger partial charge in [-0.05, 0) is 32.6 Å². The minimum absolute atomic E-state index is 0.123. The number of nitrogens with zero attached hydrogens (tertiary/aromatic N) is 3. The summed E-state index contributed by atoms with van der Waals surface area (Å²) in [6.07, 6.45) is 4.52. The highest BCUT2D eigenvalue weighted by molar-refractivity contribution is 8.02. The van der Waals surface area contributed by atoms with Crippen molar-refractivity contribution < 1.29 is 9.53 Å². The lowest BCUT2D eigenvalue weighted by molar-refractivity contribution is -0.134. The van der Waals surface area contributed by atoms with Gasteiger partial charge in [-0.2, -0.15) is 0 Å². The number of piperidine rings is 1. The summed E-state index contributed by atoms with van der Waals surface area (Å²) in [6, 6.07) is 0.403. The summed E-state index contributed by atoms with van der Waals surface area (Å²) in [5.74, 6) is 0.227. The van der Waals surface area contributed by atoms with Crippen LogP contribution in [-0.4, -0.2) is 59.1 Å². The molecule has 1 fully saturated rings. The molecule has 0 spiro atoms. The van der Waals surface area contributed by atoms with Crippen molar-refractivity contribution in [1.29, 1.82) is 0 Å². The van der Waals surface area contributed by atoms with Crippen molar-refractivity contribution >= 4 is 34.1 Å². The molecule has 2 heterocycles. The largest absolute Gasteiger partial charge is 0.383 e. The van der Waals surface area contributed by atoms with E-state index >= 15 is 0 Å². The number of hydrogen-bond acceptors (Lipinski definition) is 7. The number of thioether (sulfide) groups is 1. The van der Waals surface area contributed by atoms with Gasteiger partial charge in [0.05, 0.1) is 11.9 Å². The maximum absolute atomic E-state index is 12.7. The summed E-state index contributed by atoms with van der Waals surface area (Å²) >= 11 is 2.99. The van der Waals surface area contributed by atoms with Crippen molar-refractivity contribution in [3.63, 3.8) is 0 Å². The molecular formula is C15H26N4O2S2. The van der Waals surface area contributed by atoms with Crippen LogP contribution in [0.5, 0.6) is 0 Å². The second-order valence-corrected chi connectivity index (χ2v) is 8.21. The smallest absolute Gasteiger partial charge is 0.236 e. The number of anilines is 1. The van der Waals surface area contributed by atoms with Crippen LogP contribution in [-0.2, 0) is 9.53 Å². The molecule has 0 radical (unpaired) electrons. The van der Waals surface area contributed by atoms with Gasteiger partial charge in [-0.1, -0.05) is 30.0 Å². The van der Waals surface area contributed by atoms with E-state index in [0.29, 0.717) is 19.2 Å². The maximum Gasteiger partial charge on any atom is 0.236 e. The fourth-order valence-corrected chi connectivity index (χ4v) is 4.73. The third kappa shape index (κ3) is 5.32. The minimum atomic E-state index is -0.123. The number of methoxy groups -OCH3 is 1. The topological polar surface area (TPSA) is 67.4 Å². The molecule has 0 aromatic carbocycles. The Labute approximate surface area is 146 Å². The number of rotatable bonds is 8. The van der Waals surface area contributed by atoms with Crippen molar-refractivity contribution in [2.75, 3.05) is 32.1 Å². The Morgan fingerprint density at radius 1 is 1.52 bits per heavy atom. The van der Waals surface area contributed by atoms with Crippen LogP contribution in [0.15, 0.2) is 4.34 Å². The highest BCUT2D eigenvalue weighted by Crippen LogP contribution is 2.31. The summed E-state index contributed by atoms with van der Waals surface area (Å²) < 4.78 is 5.82. The van der Waals surface area contributed by atoms with Gasteiger partial charge in [0, 0.05) is 26.2 Å². The molecule has 1 saturated heterocycles. The standard InChI is InChI=1S/C15H26N4O2S2/c1-4-12-7-5-6-9-19(12)13(20)11(2)22-15-18-17-14(23-15)16-8-10-21-3/h11-12H,4-10H2,1-3H3,(H,16,17). The van der Waals surface area contributed by atoms with E-state index in [1.807, 2.05) is 6.92 Å². The molecule has 1 aliphatic rings. The molecule has 1 amide bonds. The number of likely N-dealkylation sites (tertiary alicyclic amines) is 1. The Hall–Kier alpha value is -0.860. The Kier molecular flexibility index (Phi) is 7.58. The molecule has 1 N–H and O–H groups in total. The first-order valence-corrected chi connectivity index (χ1v) is 9.88. The zero-order chi connectivity index (χ0) is 16.7. The summed E-state index contributed by atoms with van der Waals surface area (Å²) in [5, 5.41) is 12.1. The van der Waals surface area contributed by atoms with Crippen molar-refractivity contribution in [2.24, 2.45) is 0 Å². The van der Waals surface area contributed by atoms with Gasteiger partial charge >= 0.3 is 0 Å². The quantitative estimate of drug-likeness (QED) is 0.569. The average molecular weight is 359 g/mol. The van der Waals surface area contributed by atoms with Crippen LogP contribution in [0, 0.1) is 0 Å². The fraction of sp³-hybridized carbons (Fsp3) is 0.800. The number of nitrogens with one attached hydrogen (secondary N) is 1. The van der Waals surface area contributed by atoms with Crippen LogP contribution in [0.3, 0.4) is 0 Å². The lowest BCUT2D eigenvalue weighted by Gasteiger charge is -2.36. The molecule has 0 aliphatic carbocycles. The van der Waals surface area contributed by atoms with Crippen LogP contribution in [0.1, 0.15) is 39.5 Å². The lowest BCUT2D eigenvalue weighted by Crippen LogP contribution is -2.46. The molecule has 8 heteroatoms. The van der Waals surface area contributed by atoms with Gasteiger partial charge in [-0.3, -0.25) is 4.79 Å². The molecular weight excluding hydrogens is 332 g/mol. The first kappa shape index (κ1) is 18.5. The predicted molar refractivity (Wildman–Crippen MR) is 95.2 cm³/mol. The molecule has 0 bridgehead atoms. The van der Waals surface area contributed by atoms with Gasteiger partial charge in [0.25, 0.3) is 0 Å². The Balaban J connectivity index is 1.87. The fourth-order valence-electron chi connectivity index (χ4n) is 2.74. The van der Waals surface area contributed by atoms with E-state index < -0.39 is 0 Å². The van der Waals surface area contributed by atoms with E-state index in [4.69, 9.17) is 4.74 Å². The molecule has 2 atom stereocenters. The zero-order valence-electron chi connectivity index (χ0n) is 14.1. The van der Waals surface area contributed by atoms with Crippen LogP contribution in [0.25, 0.3) is 0 Å². The summed E-state index contributed by atoms with van der Waals surface area (Å²) in [5.41, 5.74) is 0. The molecule has 130 valence electrons. The van der Waals surface area contributed by atoms with E-state index in [1.54, 1.807) is 7.11 Å². The number of aromatic nitrogens is 2. The molecule has 1 aliphatic heterocycles. The SMILES string of the molecule is CCC1CCCCN1C(=O)C(C)Sc1nnc(NCCOC)s1. The highest BCUT2D eigenvalue weighted by Gasteiger charge is 2.29. The first-order valence-electron chi connectivity index (χ1n) is 8.19. The van der Waals surface area contributed by atoms with Crippen LogP contribution in [0.4, 0.5) is 5.13 Å². The predicted octanol–water partition coefficient (Wildman–Crippen LogP) is 2.87. The second kappa shape index (κ2) is 9.44. The molecule has 0 saturated carbocycles. The van der Waals surface area contributed by atoms with E-state index in [0.717, 1.165) is 35.3 Å². The van der Waals surface area contributed by atoms with Gasteiger partial charge < -0.3 is 15.0 Å². The van der Waals surface area contributed by atoms with Crippen molar-refractivity contribution in [3.8, 4) is 0 Å². The van der Waals surface area contributed by atoms with E-state index in [1.165, 1.54) is 29.5 Å². The summed E-state index contributed by atoms with van der Waals surface area (Å²) in [7, 11) is 1.67. The van der Waals surface area contributed by atoms with Gasteiger partial charge in [-0.15, -0.1) is 10.2 Å². The van der Waals surface area contributed by atoms with Gasteiger partial charge in [-0.25, -0.2) is 0 Å². The molecule has 6 nitrogen and oxygen atoms in total. The molecule has 2 rings (SSSR count). The highest BCUT2D eigenvalue weighted by atomic mass is 32.2. The van der Waals surface area contributed by atoms with E-state index in [-0.39, 0.29) is 11.2 Å². The Morgan fingerprint density at radius 3 is 3.09 bits per heavy atom. The number of amides is 1. The van der Waals surface area contributed by atoms with Gasteiger partial charge in [0.15, 0.2) is 4.34 Å². The normalized spacial score (nSPS) is 19.6. The number of hydrogen-bond donors (Lipinski definition) is 1. The van der Waals surface area contributed by atoms with Crippen molar-refractivity contribution in [1.82, 2.24) is 15.1 Å². The summed E-state index contributed by atoms with van der Waals surface area (Å²) in [4.78, 5) is 14.8. The second-order valence-electron chi connectivity index (χ2n) is 5.64. The number of carbonyl (C=O) groups excluding carboxylic acids is 1. The van der Waals surface area contributed by atoms with Gasteiger partial charge in [0.1, 0.15) is 0 Å². The van der Waals surface area contributed by atoms with Gasteiger partial charge in [0.2, 0.25) is 11.0 Å². The van der Waals surface area contributed by atoms with Crippen molar-refractivity contribution in [3.05, 3.63) is 0 Å². The Morgan fingerprint density at radius 2 is 2.35 bits per heavy atom. The third-order valence-electron chi connectivity index (χ3n) is 4.00. The molecule has 2 unspecified atom stereocenters. The lowest BCUT2D eigenvalue weighted by atomic mass is 10.00. The summed E-state index contributed by atoms with van der Waals surface area (Å²) in [6.45, 7) is 6.35. The van der Waals surface area contributed by atoms with Crippen LogP contribution < -0.4 is 5.32 Å². The number of carbonyl (C=O) groups is 1. The number of ether oxygens (including phenoxy) is 1. The molecule has 1 aromatic heterocycles. The Bertz CT molecular complexity index is 498. The maximum atomic E-state index is 12.7. The zero-order valence-corrected chi connectivity index (χ0v) is 15.7. The minimum Gasteiger partial charge on any atom is -0.383 e.